The summed E-state index contributed by atoms with van der Waals surface area (Å²) in [6, 6.07) is 2.47. The van der Waals surface area contributed by atoms with Crippen LogP contribution in [0, 0.1) is 12.7 Å². The maximum atomic E-state index is 15.2. The molecule has 3 aliphatic rings. The Balaban J connectivity index is 1.40. The number of aryl methyl sites for hydroxylation is 2. The quantitative estimate of drug-likeness (QED) is 0.233. The number of aliphatic hydroxyl groups is 2. The number of aromatic nitrogens is 5. The molecule has 13 heteroatoms. The van der Waals surface area contributed by atoms with Gasteiger partial charge in [-0.1, -0.05) is 19.1 Å². The number of esters is 1. The third-order valence-corrected chi connectivity index (χ3v) is 9.52. The fraction of sp³-hybridized carbons (Fsp3) is 0.438. The van der Waals surface area contributed by atoms with E-state index in [2.05, 4.69) is 15.6 Å². The summed E-state index contributed by atoms with van der Waals surface area (Å²) < 4.78 is 23.6. The maximum Gasteiger partial charge on any atom is 0.343 e. The Morgan fingerprint density at radius 3 is 2.76 bits per heavy atom. The van der Waals surface area contributed by atoms with Crippen LogP contribution in [0.25, 0.3) is 22.3 Å². The molecule has 12 nitrogen and oxygen atoms in total. The van der Waals surface area contributed by atoms with Crippen molar-refractivity contribution in [2.75, 3.05) is 6.61 Å². The van der Waals surface area contributed by atoms with Crippen molar-refractivity contribution in [2.24, 2.45) is 0 Å². The van der Waals surface area contributed by atoms with E-state index in [4.69, 9.17) is 9.72 Å². The SMILES string of the molecule is CCCn1nnc(C(=O)N[C@H]2CCc3c(C)c(F)cc4nc5c(c2c34)Cn2c-5cc3c(c2=O)COC(=O)[C@]3(O)CC)c1CCO. The molecule has 2 atom stereocenters. The molecule has 0 radical (unpaired) electrons. The highest BCUT2D eigenvalue weighted by Crippen LogP contribution is 2.46. The monoisotopic (exact) mass is 616 g/mol. The molecule has 0 bridgehead atoms. The maximum absolute atomic E-state index is 15.2. The van der Waals surface area contributed by atoms with Crippen molar-refractivity contribution in [1.29, 1.82) is 0 Å². The van der Waals surface area contributed by atoms with Crippen LogP contribution in [-0.4, -0.2) is 53.2 Å². The highest BCUT2D eigenvalue weighted by atomic mass is 19.1. The van der Waals surface area contributed by atoms with Gasteiger partial charge in [-0.3, -0.25) is 9.59 Å². The number of nitrogens with one attached hydrogen (secondary N) is 1. The molecular formula is C32H33FN6O6. The minimum Gasteiger partial charge on any atom is -0.458 e. The summed E-state index contributed by atoms with van der Waals surface area (Å²) in [6.07, 6.45) is 1.96. The molecule has 5 heterocycles. The summed E-state index contributed by atoms with van der Waals surface area (Å²) in [4.78, 5) is 45.1. The van der Waals surface area contributed by atoms with Gasteiger partial charge in [0.05, 0.1) is 40.7 Å². The largest absolute Gasteiger partial charge is 0.458 e. The molecule has 7 rings (SSSR count). The number of fused-ring (bicyclic) bond motifs is 5. The smallest absolute Gasteiger partial charge is 0.343 e. The zero-order valence-corrected chi connectivity index (χ0v) is 25.2. The van der Waals surface area contributed by atoms with Gasteiger partial charge in [0.15, 0.2) is 11.3 Å². The number of carbonyl (C=O) groups excluding carboxylic acids is 2. The molecular weight excluding hydrogens is 583 g/mol. The lowest BCUT2D eigenvalue weighted by Gasteiger charge is -2.31. The minimum absolute atomic E-state index is 0.00802. The van der Waals surface area contributed by atoms with Crippen LogP contribution in [0.3, 0.4) is 0 Å². The molecule has 0 unspecified atom stereocenters. The fourth-order valence-corrected chi connectivity index (χ4v) is 7.18. The topological polar surface area (TPSA) is 161 Å². The Kier molecular flexibility index (Phi) is 6.86. The summed E-state index contributed by atoms with van der Waals surface area (Å²) in [5, 5.41) is 33.1. The van der Waals surface area contributed by atoms with Crippen LogP contribution in [0.5, 0.6) is 0 Å². The molecule has 1 aliphatic carbocycles. The van der Waals surface area contributed by atoms with E-state index < -0.39 is 34.9 Å². The Morgan fingerprint density at radius 2 is 2.02 bits per heavy atom. The lowest BCUT2D eigenvalue weighted by atomic mass is 9.81. The van der Waals surface area contributed by atoms with Gasteiger partial charge < -0.3 is 24.8 Å². The number of halogens is 1. The van der Waals surface area contributed by atoms with Gasteiger partial charge in [0.2, 0.25) is 0 Å². The van der Waals surface area contributed by atoms with Gasteiger partial charge in [-0.05, 0) is 55.4 Å². The van der Waals surface area contributed by atoms with Gasteiger partial charge in [-0.15, -0.1) is 5.10 Å². The summed E-state index contributed by atoms with van der Waals surface area (Å²) in [5.74, 6) is -1.66. The van der Waals surface area contributed by atoms with Gasteiger partial charge in [0.25, 0.3) is 11.5 Å². The highest BCUT2D eigenvalue weighted by Gasteiger charge is 2.46. The first-order valence-corrected chi connectivity index (χ1v) is 15.3. The molecule has 0 spiro atoms. The predicted octanol–water partition coefficient (Wildman–Crippen LogP) is 2.48. The van der Waals surface area contributed by atoms with E-state index in [1.54, 1.807) is 24.6 Å². The summed E-state index contributed by atoms with van der Waals surface area (Å²) in [5.41, 5.74) is 2.67. The van der Waals surface area contributed by atoms with Crippen LogP contribution in [0.2, 0.25) is 0 Å². The molecule has 0 saturated heterocycles. The molecule has 234 valence electrons. The van der Waals surface area contributed by atoms with E-state index in [1.807, 2.05) is 6.92 Å². The summed E-state index contributed by atoms with van der Waals surface area (Å²) in [6.45, 7) is 5.61. The van der Waals surface area contributed by atoms with Crippen molar-refractivity contribution in [3.8, 4) is 11.4 Å². The minimum atomic E-state index is -1.98. The van der Waals surface area contributed by atoms with Crippen molar-refractivity contribution in [1.82, 2.24) is 29.9 Å². The van der Waals surface area contributed by atoms with E-state index >= 15 is 4.39 Å². The Hall–Kier alpha value is -4.49. The van der Waals surface area contributed by atoms with Crippen LogP contribution in [0.4, 0.5) is 4.39 Å². The lowest BCUT2D eigenvalue weighted by Crippen LogP contribution is -2.44. The summed E-state index contributed by atoms with van der Waals surface area (Å²) >= 11 is 0. The number of nitrogens with zero attached hydrogens (tertiary/aromatic N) is 5. The molecule has 0 saturated carbocycles. The van der Waals surface area contributed by atoms with E-state index in [1.165, 1.54) is 10.6 Å². The summed E-state index contributed by atoms with van der Waals surface area (Å²) in [7, 11) is 0. The van der Waals surface area contributed by atoms with Crippen LogP contribution < -0.4 is 10.9 Å². The van der Waals surface area contributed by atoms with Crippen molar-refractivity contribution in [3.63, 3.8) is 0 Å². The highest BCUT2D eigenvalue weighted by molar-refractivity contribution is 5.96. The van der Waals surface area contributed by atoms with Crippen LogP contribution >= 0.6 is 0 Å². The molecule has 0 fully saturated rings. The van der Waals surface area contributed by atoms with E-state index in [-0.39, 0.29) is 49.4 Å². The van der Waals surface area contributed by atoms with Crippen LogP contribution in [-0.2, 0) is 47.7 Å². The van der Waals surface area contributed by atoms with Crippen molar-refractivity contribution >= 4 is 22.8 Å². The van der Waals surface area contributed by atoms with Gasteiger partial charge in [0, 0.05) is 42.2 Å². The predicted molar refractivity (Wildman–Crippen MR) is 159 cm³/mol. The standard InChI is InChI=1S/C32H33FN6O6/c1-4-9-39-23(8-10-40)28(36-37-39)29(41)35-21-7-6-16-15(3)20(33)12-22-25(16)26(21)17-13-38-24(27(17)34-22)11-19-18(30(38)42)14-45-31(43)32(19,44)5-2/h11-12,21,40,44H,4-10,13-14H2,1-3H3,(H,35,41)/t21-,32-/m0/s1. The number of cyclic esters (lactones) is 1. The van der Waals surface area contributed by atoms with Gasteiger partial charge in [-0.2, -0.15) is 0 Å². The first-order chi connectivity index (χ1) is 21.6. The number of amides is 1. The second-order valence-corrected chi connectivity index (χ2v) is 12.0. The van der Waals surface area contributed by atoms with E-state index in [0.29, 0.717) is 53.1 Å². The molecule has 3 aromatic heterocycles. The van der Waals surface area contributed by atoms with E-state index in [0.717, 1.165) is 22.9 Å². The number of rotatable bonds is 7. The molecule has 1 aromatic carbocycles. The first kappa shape index (κ1) is 29.2. The van der Waals surface area contributed by atoms with Crippen molar-refractivity contribution < 1.29 is 28.9 Å². The molecule has 2 aliphatic heterocycles. The van der Waals surface area contributed by atoms with Crippen LogP contribution in [0.1, 0.15) is 88.7 Å². The van der Waals surface area contributed by atoms with Crippen molar-refractivity contribution in [3.05, 3.63) is 73.1 Å². The average molecular weight is 617 g/mol. The number of pyridine rings is 2. The zero-order valence-electron chi connectivity index (χ0n) is 25.2. The Bertz CT molecular complexity index is 2000. The third-order valence-electron chi connectivity index (χ3n) is 9.52. The first-order valence-electron chi connectivity index (χ1n) is 15.3. The van der Waals surface area contributed by atoms with Crippen molar-refractivity contribution in [2.45, 2.75) is 84.2 Å². The number of hydrogen-bond donors (Lipinski definition) is 3. The van der Waals surface area contributed by atoms with Crippen LogP contribution in [0.15, 0.2) is 16.9 Å². The third kappa shape index (κ3) is 4.17. The Labute approximate surface area is 256 Å². The lowest BCUT2D eigenvalue weighted by molar-refractivity contribution is -0.172. The molecule has 4 aromatic rings. The van der Waals surface area contributed by atoms with E-state index in [9.17, 15) is 24.6 Å². The molecule has 45 heavy (non-hydrogen) atoms. The number of carbonyl (C=O) groups is 2. The number of benzene rings is 1. The molecule has 3 N–H and O–H groups in total. The average Bonchev–Trinajstić information content (AvgIpc) is 3.60. The Morgan fingerprint density at radius 1 is 1.22 bits per heavy atom. The normalized spacial score (nSPS) is 19.7. The number of aliphatic hydroxyl groups excluding tert-OH is 1. The second kappa shape index (κ2) is 10.6. The fourth-order valence-electron chi connectivity index (χ4n) is 7.18. The van der Waals surface area contributed by atoms with Gasteiger partial charge in [0.1, 0.15) is 12.4 Å². The zero-order chi connectivity index (χ0) is 31.8. The number of ether oxygens (including phenoxy) is 1. The van der Waals surface area contributed by atoms with Gasteiger partial charge in [-0.25, -0.2) is 18.9 Å². The number of hydrogen-bond acceptors (Lipinski definition) is 9. The molecule has 1 amide bonds. The van der Waals surface area contributed by atoms with Gasteiger partial charge >= 0.3 is 5.97 Å². The second-order valence-electron chi connectivity index (χ2n) is 12.0.